The van der Waals surface area contributed by atoms with Gasteiger partial charge in [-0.2, -0.15) is 0 Å². The van der Waals surface area contributed by atoms with Crippen LogP contribution in [0.1, 0.15) is 35.0 Å². The van der Waals surface area contributed by atoms with Gasteiger partial charge < -0.3 is 10.1 Å². The molecule has 0 aliphatic heterocycles. The second-order valence-corrected chi connectivity index (χ2v) is 3.04. The zero-order valence-corrected chi connectivity index (χ0v) is 8.22. The number of ether oxygens (including phenoxy) is 1. The first-order valence-electron chi connectivity index (χ1n) is 4.61. The fraction of sp³-hybridized carbons (Fsp3) is 0.889. The van der Waals surface area contributed by atoms with Crippen LogP contribution >= 0.6 is 0 Å². The van der Waals surface area contributed by atoms with Gasteiger partial charge in [0.1, 0.15) is 0 Å². The van der Waals surface area contributed by atoms with Crippen LogP contribution in [0.3, 0.4) is 0 Å². The van der Waals surface area contributed by atoms with Gasteiger partial charge in [-0.05, 0) is 12.3 Å². The Bertz CT molecular complexity index is 131. The lowest BCUT2D eigenvalue weighted by molar-refractivity contribution is 0.129. The highest BCUT2D eigenvalue weighted by molar-refractivity contribution is 5.66. The van der Waals surface area contributed by atoms with Crippen molar-refractivity contribution in [2.45, 2.75) is 33.6 Å². The van der Waals surface area contributed by atoms with Crippen molar-refractivity contribution >= 4 is 6.09 Å². The van der Waals surface area contributed by atoms with E-state index < -0.39 is 0 Å². The molecule has 1 amide bonds. The fourth-order valence-electron chi connectivity index (χ4n) is 0.614. The molecule has 74 valence electrons. The van der Waals surface area contributed by atoms with Crippen molar-refractivity contribution in [1.29, 1.82) is 0 Å². The van der Waals surface area contributed by atoms with Gasteiger partial charge in [0, 0.05) is 7.97 Å². The maximum Gasteiger partial charge on any atom is 0.407 e. The zero-order valence-electron chi connectivity index (χ0n) is 8.22. The number of carbonyl (C=O) groups is 1. The zero-order chi connectivity index (χ0) is 9.40. The number of rotatable bonds is 5. The summed E-state index contributed by atoms with van der Waals surface area (Å²) in [6.45, 7) is 7.37. The molecule has 0 rings (SSSR count). The molecule has 0 bridgehead atoms. The van der Waals surface area contributed by atoms with E-state index >= 15 is 0 Å². The Kier molecular flexibility index (Phi) is 6.53. The lowest BCUT2D eigenvalue weighted by atomic mass is 10.1. The van der Waals surface area contributed by atoms with Crippen LogP contribution < -0.4 is 5.32 Å². The van der Waals surface area contributed by atoms with Gasteiger partial charge >= 0.3 is 6.09 Å². The number of hydrogen-bond acceptors (Lipinski definition) is 2. The van der Waals surface area contributed by atoms with Gasteiger partial charge in [-0.1, -0.05) is 27.2 Å². The quantitative estimate of drug-likeness (QED) is 0.696. The highest BCUT2D eigenvalue weighted by Gasteiger charge is 2.03. The van der Waals surface area contributed by atoms with Crippen molar-refractivity contribution in [3.05, 3.63) is 0 Å². The molecule has 0 saturated carbocycles. The van der Waals surface area contributed by atoms with Crippen molar-refractivity contribution in [1.82, 2.24) is 5.32 Å². The molecule has 0 aliphatic carbocycles. The monoisotopic (exact) mass is 175 g/mol. The Morgan fingerprint density at radius 1 is 1.58 bits per heavy atom. The minimum absolute atomic E-state index is 0. The van der Waals surface area contributed by atoms with Crippen molar-refractivity contribution in [2.75, 3.05) is 13.2 Å². The number of hydrogen-bond donors (Lipinski definition) is 1. The van der Waals surface area contributed by atoms with E-state index in [1.165, 1.54) is 0 Å². The van der Waals surface area contributed by atoms with Gasteiger partial charge in [-0.15, -0.1) is 0 Å². The molecule has 0 radical (unpaired) electrons. The topological polar surface area (TPSA) is 38.3 Å². The third-order valence-corrected chi connectivity index (χ3v) is 1.72. The van der Waals surface area contributed by atoms with E-state index in [1.54, 1.807) is 0 Å². The largest absolute Gasteiger partial charge is 0.449 e. The van der Waals surface area contributed by atoms with Gasteiger partial charge in [-0.3, -0.25) is 0 Å². The number of nitrogens with one attached hydrogen (secondary N) is 1. The molecule has 3 nitrogen and oxygen atoms in total. The second-order valence-electron chi connectivity index (χ2n) is 3.04. The van der Waals surface area contributed by atoms with Gasteiger partial charge in [0.05, 0.1) is 6.61 Å². The number of alkyl carbamates (subject to hydrolysis) is 1. The van der Waals surface area contributed by atoms with Crippen LogP contribution in [0, 0.1) is 5.92 Å². The van der Waals surface area contributed by atoms with Crippen LogP contribution in [-0.4, -0.2) is 19.2 Å². The van der Waals surface area contributed by atoms with E-state index in [4.69, 9.17) is 4.74 Å². The summed E-state index contributed by atoms with van der Waals surface area (Å²) in [5.41, 5.74) is 0. The van der Waals surface area contributed by atoms with Crippen LogP contribution in [0.15, 0.2) is 0 Å². The van der Waals surface area contributed by atoms with Crippen LogP contribution in [-0.2, 0) is 4.74 Å². The molecular formula is C9H21NO2. The van der Waals surface area contributed by atoms with Crippen LogP contribution in [0.4, 0.5) is 4.79 Å². The maximum absolute atomic E-state index is 10.9. The Morgan fingerprint density at radius 2 is 2.25 bits per heavy atom. The van der Waals surface area contributed by atoms with Crippen molar-refractivity contribution in [2.24, 2.45) is 5.92 Å². The number of amides is 1. The Balaban J connectivity index is 0. The lowest BCUT2D eigenvalue weighted by Gasteiger charge is -2.09. The molecule has 0 aliphatic rings. The molecule has 1 unspecified atom stereocenters. The summed E-state index contributed by atoms with van der Waals surface area (Å²) < 4.78 is 4.95. The molecule has 0 aromatic rings. The molecule has 3 heteroatoms. The minimum atomic E-state index is -0.294. The summed E-state index contributed by atoms with van der Waals surface area (Å²) in [5.74, 6) is 0.456. The van der Waals surface area contributed by atoms with Gasteiger partial charge in [-0.25, -0.2) is 4.79 Å². The molecule has 0 spiro atoms. The summed E-state index contributed by atoms with van der Waals surface area (Å²) in [6.07, 6.45) is 1.69. The van der Waals surface area contributed by atoms with E-state index in [0.29, 0.717) is 19.1 Å². The standard InChI is InChI=1S/C9H19NO2.H2/c1-4-6-10-9(11)12-7-8(3)5-2;/h8H,4-7H2,1-3H3,(H,10,11);1H. The Labute approximate surface area is 76.0 Å². The Morgan fingerprint density at radius 3 is 2.75 bits per heavy atom. The van der Waals surface area contributed by atoms with Crippen LogP contribution in [0.5, 0.6) is 0 Å². The minimum Gasteiger partial charge on any atom is -0.449 e. The van der Waals surface area contributed by atoms with E-state index in [1.807, 2.05) is 6.92 Å². The summed E-state index contributed by atoms with van der Waals surface area (Å²) in [5, 5.41) is 2.65. The molecule has 0 fully saturated rings. The lowest BCUT2D eigenvalue weighted by Crippen LogP contribution is -2.26. The van der Waals surface area contributed by atoms with E-state index in [9.17, 15) is 4.79 Å². The predicted molar refractivity (Wildman–Crippen MR) is 51.2 cm³/mol. The predicted octanol–water partition coefficient (Wildman–Crippen LogP) is 2.41. The Hall–Kier alpha value is -0.730. The molecule has 12 heavy (non-hydrogen) atoms. The van der Waals surface area contributed by atoms with Crippen LogP contribution in [0.2, 0.25) is 0 Å². The van der Waals surface area contributed by atoms with Gasteiger partial charge in [0.25, 0.3) is 0 Å². The second kappa shape index (κ2) is 6.95. The molecule has 1 N–H and O–H groups in total. The average molecular weight is 175 g/mol. The van der Waals surface area contributed by atoms with Crippen molar-refractivity contribution in [3.63, 3.8) is 0 Å². The molecule has 0 aromatic heterocycles. The summed E-state index contributed by atoms with van der Waals surface area (Å²) in [7, 11) is 0. The first kappa shape index (κ1) is 11.3. The third kappa shape index (κ3) is 6.01. The van der Waals surface area contributed by atoms with E-state index in [0.717, 1.165) is 12.8 Å². The normalized spacial score (nSPS) is 12.2. The maximum atomic E-state index is 10.9. The molecular weight excluding hydrogens is 154 g/mol. The molecule has 0 heterocycles. The van der Waals surface area contributed by atoms with E-state index in [-0.39, 0.29) is 7.52 Å². The number of carbonyl (C=O) groups excluding carboxylic acids is 1. The van der Waals surface area contributed by atoms with Gasteiger partial charge in [0.15, 0.2) is 0 Å². The van der Waals surface area contributed by atoms with E-state index in [2.05, 4.69) is 19.2 Å². The molecule has 0 saturated heterocycles. The molecule has 0 aromatic carbocycles. The summed E-state index contributed by atoms with van der Waals surface area (Å²) >= 11 is 0. The highest BCUT2D eigenvalue weighted by Crippen LogP contribution is 2.00. The first-order valence-corrected chi connectivity index (χ1v) is 4.61. The highest BCUT2D eigenvalue weighted by atomic mass is 16.5. The first-order chi connectivity index (χ1) is 5.70. The summed E-state index contributed by atoms with van der Waals surface area (Å²) in [6, 6.07) is 0. The summed E-state index contributed by atoms with van der Waals surface area (Å²) in [4.78, 5) is 10.9. The van der Waals surface area contributed by atoms with Crippen molar-refractivity contribution in [3.8, 4) is 0 Å². The molecule has 1 atom stereocenters. The average Bonchev–Trinajstić information content (AvgIpc) is 2.10. The SMILES string of the molecule is CCCNC(=O)OCC(C)CC.[HH]. The smallest absolute Gasteiger partial charge is 0.407 e. The third-order valence-electron chi connectivity index (χ3n) is 1.72. The fourth-order valence-corrected chi connectivity index (χ4v) is 0.614. The van der Waals surface area contributed by atoms with Crippen LogP contribution in [0.25, 0.3) is 0 Å². The van der Waals surface area contributed by atoms with Crippen molar-refractivity contribution < 1.29 is 11.0 Å². The van der Waals surface area contributed by atoms with Gasteiger partial charge in [0.2, 0.25) is 0 Å².